The maximum absolute atomic E-state index is 12.6. The fourth-order valence-electron chi connectivity index (χ4n) is 2.37. The number of hydrogen-bond donors (Lipinski definition) is 1. The predicted octanol–water partition coefficient (Wildman–Crippen LogP) is 3.04. The smallest absolute Gasteiger partial charge is 0.245 e. The van der Waals surface area contributed by atoms with E-state index in [1.165, 1.54) is 0 Å². The minimum atomic E-state index is -0.279. The Hall–Kier alpha value is -2.63. The molecule has 0 bridgehead atoms. The lowest BCUT2D eigenvalue weighted by Gasteiger charge is -2.23. The Kier molecular flexibility index (Phi) is 6.74. The maximum atomic E-state index is 12.6. The molecule has 0 aliphatic carbocycles. The lowest BCUT2D eigenvalue weighted by molar-refractivity contribution is -0.134. The van der Waals surface area contributed by atoms with Crippen LogP contribution in [-0.4, -0.2) is 35.0 Å². The van der Waals surface area contributed by atoms with Crippen LogP contribution >= 0.6 is 0 Å². The number of benzene rings is 1. The highest BCUT2D eigenvalue weighted by atomic mass is 16.5. The van der Waals surface area contributed by atoms with Crippen LogP contribution in [0.5, 0.6) is 0 Å². The van der Waals surface area contributed by atoms with Crippen molar-refractivity contribution in [3.05, 3.63) is 47.7 Å². The van der Waals surface area contributed by atoms with Crippen LogP contribution in [0, 0.1) is 12.8 Å². The van der Waals surface area contributed by atoms with Crippen molar-refractivity contribution in [1.82, 2.24) is 10.1 Å². The van der Waals surface area contributed by atoms with Crippen LogP contribution in [0.1, 0.15) is 31.6 Å². The molecule has 134 valence electrons. The van der Waals surface area contributed by atoms with Crippen LogP contribution < -0.4 is 5.32 Å². The average Bonchev–Trinajstić information content (AvgIpc) is 2.97. The van der Waals surface area contributed by atoms with E-state index in [0.29, 0.717) is 24.0 Å². The highest BCUT2D eigenvalue weighted by Crippen LogP contribution is 2.09. The summed E-state index contributed by atoms with van der Waals surface area (Å²) in [6.45, 7) is 6.50. The third kappa shape index (κ3) is 6.41. The lowest BCUT2D eigenvalue weighted by Crippen LogP contribution is -2.40. The molecule has 1 N–H and O–H groups in total. The van der Waals surface area contributed by atoms with Crippen molar-refractivity contribution in [2.75, 3.05) is 18.4 Å². The Morgan fingerprint density at radius 2 is 1.96 bits per heavy atom. The fraction of sp³-hybridized carbons (Fsp3) is 0.421. The highest BCUT2D eigenvalue weighted by Gasteiger charge is 2.18. The molecule has 0 saturated carbocycles. The van der Waals surface area contributed by atoms with Crippen LogP contribution in [0.15, 0.2) is 40.9 Å². The summed E-state index contributed by atoms with van der Waals surface area (Å²) in [5.74, 6) is 1.10. The van der Waals surface area contributed by atoms with Crippen LogP contribution in [-0.2, 0) is 16.0 Å². The van der Waals surface area contributed by atoms with Gasteiger partial charge in [-0.2, -0.15) is 0 Å². The zero-order chi connectivity index (χ0) is 18.2. The second-order valence-corrected chi connectivity index (χ2v) is 6.53. The Bertz CT molecular complexity index is 695. The Morgan fingerprint density at radius 1 is 1.24 bits per heavy atom. The zero-order valence-corrected chi connectivity index (χ0v) is 15.0. The summed E-state index contributed by atoms with van der Waals surface area (Å²) >= 11 is 0. The molecule has 0 aliphatic rings. The van der Waals surface area contributed by atoms with Gasteiger partial charge in [0, 0.05) is 12.6 Å². The molecule has 25 heavy (non-hydrogen) atoms. The Balaban J connectivity index is 1.98. The first-order valence-corrected chi connectivity index (χ1v) is 8.49. The summed E-state index contributed by atoms with van der Waals surface area (Å²) in [5.41, 5.74) is 0.939. The first-order valence-electron chi connectivity index (χ1n) is 8.49. The number of amides is 2. The van der Waals surface area contributed by atoms with Crippen molar-refractivity contribution in [1.29, 1.82) is 0 Å². The zero-order valence-electron chi connectivity index (χ0n) is 15.0. The lowest BCUT2D eigenvalue weighted by atomic mass is 10.1. The minimum absolute atomic E-state index is 0.00426. The van der Waals surface area contributed by atoms with E-state index in [4.69, 9.17) is 4.52 Å². The number of nitrogens with one attached hydrogen (secondary N) is 1. The van der Waals surface area contributed by atoms with Gasteiger partial charge in [-0.15, -0.1) is 0 Å². The largest absolute Gasteiger partial charge is 0.360 e. The summed E-state index contributed by atoms with van der Waals surface area (Å²) in [6, 6.07) is 11.2. The van der Waals surface area contributed by atoms with Gasteiger partial charge in [-0.25, -0.2) is 0 Å². The predicted molar refractivity (Wildman–Crippen MR) is 96.1 cm³/mol. The molecular weight excluding hydrogens is 318 g/mol. The molecule has 6 nitrogen and oxygen atoms in total. The molecular formula is C19H25N3O3. The van der Waals surface area contributed by atoms with Gasteiger partial charge in [-0.05, 0) is 24.8 Å². The number of hydrogen-bond acceptors (Lipinski definition) is 4. The van der Waals surface area contributed by atoms with Crippen molar-refractivity contribution in [3.63, 3.8) is 0 Å². The van der Waals surface area contributed by atoms with Crippen molar-refractivity contribution in [2.45, 2.75) is 33.6 Å². The monoisotopic (exact) mass is 343 g/mol. The first-order chi connectivity index (χ1) is 11.9. The third-order valence-corrected chi connectivity index (χ3v) is 3.76. The van der Waals surface area contributed by atoms with E-state index in [2.05, 4.69) is 24.3 Å². The van der Waals surface area contributed by atoms with Gasteiger partial charge < -0.3 is 14.7 Å². The van der Waals surface area contributed by atoms with Crippen molar-refractivity contribution < 1.29 is 14.1 Å². The number of aryl methyl sites for hydroxylation is 1. The van der Waals surface area contributed by atoms with Crippen molar-refractivity contribution in [3.8, 4) is 0 Å². The molecule has 1 aromatic heterocycles. The van der Waals surface area contributed by atoms with Crippen LogP contribution in [0.2, 0.25) is 0 Å². The van der Waals surface area contributed by atoms with E-state index in [-0.39, 0.29) is 24.8 Å². The molecule has 2 rings (SSSR count). The number of nitrogens with zero attached hydrogens (tertiary/aromatic N) is 2. The van der Waals surface area contributed by atoms with Gasteiger partial charge in [0.2, 0.25) is 11.8 Å². The van der Waals surface area contributed by atoms with Crippen LogP contribution in [0.25, 0.3) is 0 Å². The topological polar surface area (TPSA) is 75.4 Å². The molecule has 0 atom stereocenters. The van der Waals surface area contributed by atoms with E-state index in [1.54, 1.807) is 17.9 Å². The van der Waals surface area contributed by atoms with E-state index >= 15 is 0 Å². The SMILES string of the molecule is Cc1cc(NC(=O)CN(CCC(C)C)C(=O)Cc2ccccc2)no1. The van der Waals surface area contributed by atoms with Crippen LogP contribution in [0.4, 0.5) is 5.82 Å². The second kappa shape index (κ2) is 9.01. The molecule has 0 saturated heterocycles. The maximum Gasteiger partial charge on any atom is 0.245 e. The van der Waals surface area contributed by atoms with Gasteiger partial charge in [-0.3, -0.25) is 9.59 Å². The third-order valence-electron chi connectivity index (χ3n) is 3.76. The molecule has 2 amide bonds. The van der Waals surface area contributed by atoms with E-state index in [0.717, 1.165) is 12.0 Å². The quantitative estimate of drug-likeness (QED) is 0.799. The summed E-state index contributed by atoms with van der Waals surface area (Å²) in [4.78, 5) is 26.5. The van der Waals surface area contributed by atoms with E-state index in [9.17, 15) is 9.59 Å². The summed E-state index contributed by atoms with van der Waals surface area (Å²) in [6.07, 6.45) is 1.13. The molecule has 0 radical (unpaired) electrons. The van der Waals surface area contributed by atoms with Gasteiger partial charge in [0.05, 0.1) is 13.0 Å². The van der Waals surface area contributed by atoms with Gasteiger partial charge in [0.25, 0.3) is 0 Å². The fourth-order valence-corrected chi connectivity index (χ4v) is 2.37. The molecule has 1 aromatic carbocycles. The number of rotatable bonds is 8. The number of carbonyl (C=O) groups is 2. The first kappa shape index (κ1) is 18.7. The number of aromatic nitrogens is 1. The minimum Gasteiger partial charge on any atom is -0.360 e. The van der Waals surface area contributed by atoms with E-state index in [1.807, 2.05) is 30.3 Å². The second-order valence-electron chi connectivity index (χ2n) is 6.53. The van der Waals surface area contributed by atoms with Crippen LogP contribution in [0.3, 0.4) is 0 Å². The molecule has 1 heterocycles. The van der Waals surface area contributed by atoms with Gasteiger partial charge in [-0.1, -0.05) is 49.3 Å². The molecule has 0 spiro atoms. The molecule has 2 aromatic rings. The van der Waals surface area contributed by atoms with E-state index < -0.39 is 0 Å². The number of carbonyl (C=O) groups excluding carboxylic acids is 2. The normalized spacial score (nSPS) is 10.7. The number of anilines is 1. The van der Waals surface area contributed by atoms with Gasteiger partial charge in [0.1, 0.15) is 5.76 Å². The Labute approximate surface area is 148 Å². The summed E-state index contributed by atoms with van der Waals surface area (Å²) in [7, 11) is 0. The molecule has 0 unspecified atom stereocenters. The standard InChI is InChI=1S/C19H25N3O3/c1-14(2)9-10-22(19(24)12-16-7-5-4-6-8-16)13-18(23)20-17-11-15(3)25-21-17/h4-8,11,14H,9-10,12-13H2,1-3H3,(H,20,21,23). The average molecular weight is 343 g/mol. The van der Waals surface area contributed by atoms with Gasteiger partial charge >= 0.3 is 0 Å². The summed E-state index contributed by atoms with van der Waals surface area (Å²) < 4.78 is 4.93. The molecule has 0 aliphatic heterocycles. The van der Waals surface area contributed by atoms with Crippen molar-refractivity contribution >= 4 is 17.6 Å². The highest BCUT2D eigenvalue weighted by molar-refractivity contribution is 5.94. The van der Waals surface area contributed by atoms with Crippen molar-refractivity contribution in [2.24, 2.45) is 5.92 Å². The molecule has 6 heteroatoms. The summed E-state index contributed by atoms with van der Waals surface area (Å²) in [5, 5.41) is 6.40. The van der Waals surface area contributed by atoms with Gasteiger partial charge in [0.15, 0.2) is 5.82 Å². The Morgan fingerprint density at radius 3 is 2.56 bits per heavy atom. The molecule has 0 fully saturated rings.